The highest BCUT2D eigenvalue weighted by atomic mass is 19.1. The Morgan fingerprint density at radius 3 is 2.75 bits per heavy atom. The van der Waals surface area contributed by atoms with Crippen LogP contribution >= 0.6 is 0 Å². The first-order valence-electron chi connectivity index (χ1n) is 6.30. The van der Waals surface area contributed by atoms with E-state index < -0.39 is 0 Å². The van der Waals surface area contributed by atoms with Crippen LogP contribution in [-0.2, 0) is 0 Å². The molecule has 0 bridgehead atoms. The van der Waals surface area contributed by atoms with Crippen LogP contribution in [0.2, 0.25) is 0 Å². The maximum absolute atomic E-state index is 13.3. The summed E-state index contributed by atoms with van der Waals surface area (Å²) in [5, 5.41) is 5.17. The lowest BCUT2D eigenvalue weighted by Crippen LogP contribution is -1.95. The minimum Gasteiger partial charge on any atom is -0.398 e. The van der Waals surface area contributed by atoms with Crippen molar-refractivity contribution in [3.05, 3.63) is 60.2 Å². The van der Waals surface area contributed by atoms with Crippen molar-refractivity contribution >= 4 is 27.8 Å². The number of rotatable bonds is 2. The third-order valence-electron chi connectivity index (χ3n) is 3.29. The number of pyridine rings is 1. The number of hydrogen-bond acceptors (Lipinski definition) is 3. The zero-order valence-electron chi connectivity index (χ0n) is 11.0. The van der Waals surface area contributed by atoms with Crippen LogP contribution in [0.25, 0.3) is 10.8 Å². The summed E-state index contributed by atoms with van der Waals surface area (Å²) >= 11 is 0. The van der Waals surface area contributed by atoms with E-state index in [1.165, 1.54) is 6.07 Å². The van der Waals surface area contributed by atoms with Crippen molar-refractivity contribution in [3.63, 3.8) is 0 Å². The van der Waals surface area contributed by atoms with Gasteiger partial charge < -0.3 is 11.1 Å². The third kappa shape index (κ3) is 2.16. The molecule has 0 atom stereocenters. The number of hydrogen-bond donors (Lipinski definition) is 2. The molecule has 0 spiro atoms. The molecular formula is C16H14FN3. The molecule has 0 saturated heterocycles. The predicted octanol–water partition coefficient (Wildman–Crippen LogP) is 4.01. The fourth-order valence-electron chi connectivity index (χ4n) is 2.20. The number of benzene rings is 2. The van der Waals surface area contributed by atoms with E-state index in [1.54, 1.807) is 31.5 Å². The Labute approximate surface area is 116 Å². The number of nitrogens with two attached hydrogens (primary N) is 1. The van der Waals surface area contributed by atoms with Gasteiger partial charge in [0.25, 0.3) is 0 Å². The molecule has 20 heavy (non-hydrogen) atoms. The molecule has 2 aromatic carbocycles. The Morgan fingerprint density at radius 1 is 1.10 bits per heavy atom. The van der Waals surface area contributed by atoms with Gasteiger partial charge in [0.2, 0.25) is 0 Å². The number of aromatic nitrogens is 1. The van der Waals surface area contributed by atoms with E-state index in [2.05, 4.69) is 10.3 Å². The van der Waals surface area contributed by atoms with Gasteiger partial charge in [-0.2, -0.15) is 0 Å². The van der Waals surface area contributed by atoms with Crippen LogP contribution in [-0.4, -0.2) is 4.98 Å². The van der Waals surface area contributed by atoms with Crippen LogP contribution in [0.5, 0.6) is 0 Å². The van der Waals surface area contributed by atoms with E-state index in [-0.39, 0.29) is 5.82 Å². The normalized spacial score (nSPS) is 10.7. The molecule has 3 rings (SSSR count). The Bertz CT molecular complexity index is 784. The van der Waals surface area contributed by atoms with Gasteiger partial charge in [-0.1, -0.05) is 0 Å². The number of anilines is 3. The van der Waals surface area contributed by atoms with Crippen LogP contribution in [0.3, 0.4) is 0 Å². The van der Waals surface area contributed by atoms with Gasteiger partial charge >= 0.3 is 0 Å². The molecule has 1 aromatic heterocycles. The fourth-order valence-corrected chi connectivity index (χ4v) is 2.20. The molecule has 0 amide bonds. The second-order valence-electron chi connectivity index (χ2n) is 4.71. The van der Waals surface area contributed by atoms with E-state index in [9.17, 15) is 4.39 Å². The highest BCUT2D eigenvalue weighted by Gasteiger charge is 2.05. The quantitative estimate of drug-likeness (QED) is 0.690. The molecule has 0 saturated carbocycles. The second kappa shape index (κ2) is 4.81. The summed E-state index contributed by atoms with van der Waals surface area (Å²) < 4.78 is 13.3. The fraction of sp³-hybridized carbons (Fsp3) is 0.0625. The molecule has 1 heterocycles. The van der Waals surface area contributed by atoms with Crippen molar-refractivity contribution < 1.29 is 4.39 Å². The molecule has 0 aliphatic carbocycles. The van der Waals surface area contributed by atoms with Crippen LogP contribution in [0.15, 0.2) is 48.8 Å². The zero-order valence-corrected chi connectivity index (χ0v) is 11.0. The van der Waals surface area contributed by atoms with Gasteiger partial charge in [0, 0.05) is 40.2 Å². The number of nitrogen functional groups attached to an aromatic ring is 1. The molecule has 3 nitrogen and oxygen atoms in total. The van der Waals surface area contributed by atoms with Crippen molar-refractivity contribution in [1.82, 2.24) is 4.98 Å². The number of nitrogens with one attached hydrogen (secondary N) is 1. The summed E-state index contributed by atoms with van der Waals surface area (Å²) in [6.07, 6.45) is 3.48. The first-order chi connectivity index (χ1) is 9.65. The molecule has 0 aliphatic heterocycles. The third-order valence-corrected chi connectivity index (χ3v) is 3.29. The molecular weight excluding hydrogens is 253 g/mol. The highest BCUT2D eigenvalue weighted by molar-refractivity contribution is 6.01. The van der Waals surface area contributed by atoms with Gasteiger partial charge in [-0.25, -0.2) is 4.39 Å². The van der Waals surface area contributed by atoms with Crippen LogP contribution < -0.4 is 11.1 Å². The summed E-state index contributed by atoms with van der Waals surface area (Å²) in [5.74, 6) is -0.209. The Balaban J connectivity index is 2.06. The smallest absolute Gasteiger partial charge is 0.126 e. The summed E-state index contributed by atoms with van der Waals surface area (Å²) in [6.45, 7) is 1.74. The minimum absolute atomic E-state index is 0.209. The average molecular weight is 267 g/mol. The topological polar surface area (TPSA) is 50.9 Å². The molecule has 0 aliphatic rings. The lowest BCUT2D eigenvalue weighted by molar-refractivity contribution is 0.619. The van der Waals surface area contributed by atoms with E-state index in [4.69, 9.17) is 5.73 Å². The van der Waals surface area contributed by atoms with Gasteiger partial charge in [-0.3, -0.25) is 4.98 Å². The van der Waals surface area contributed by atoms with E-state index in [0.717, 1.165) is 22.1 Å². The molecule has 0 radical (unpaired) electrons. The molecule has 0 fully saturated rings. The number of halogens is 1. The van der Waals surface area contributed by atoms with Gasteiger partial charge in [-0.15, -0.1) is 0 Å². The lowest BCUT2D eigenvalue weighted by Gasteiger charge is -2.11. The average Bonchev–Trinajstić information content (AvgIpc) is 2.46. The molecule has 3 aromatic rings. The first kappa shape index (κ1) is 12.4. The molecule has 3 N–H and O–H groups in total. The maximum atomic E-state index is 13.3. The minimum atomic E-state index is -0.209. The largest absolute Gasteiger partial charge is 0.398 e. The van der Waals surface area contributed by atoms with Crippen LogP contribution in [0, 0.1) is 12.7 Å². The molecule has 100 valence electrons. The molecule has 4 heteroatoms. The zero-order chi connectivity index (χ0) is 14.1. The Morgan fingerprint density at radius 2 is 1.95 bits per heavy atom. The van der Waals surface area contributed by atoms with Crippen molar-refractivity contribution in [2.45, 2.75) is 6.92 Å². The molecule has 0 unspecified atom stereocenters. The van der Waals surface area contributed by atoms with Crippen LogP contribution in [0.4, 0.5) is 21.5 Å². The Kier molecular flexibility index (Phi) is 2.99. The van der Waals surface area contributed by atoms with E-state index in [0.29, 0.717) is 11.3 Å². The van der Waals surface area contributed by atoms with Gasteiger partial charge in [0.15, 0.2) is 0 Å². The lowest BCUT2D eigenvalue weighted by atomic mass is 10.1. The summed E-state index contributed by atoms with van der Waals surface area (Å²) in [5.41, 5.74) is 9.00. The number of aryl methyl sites for hydroxylation is 1. The standard InChI is InChI=1S/C16H14FN3/c1-10-8-11(2-3-14(10)17)20-16-5-4-15(18)12-6-7-19-9-13(12)16/h2-9,20H,18H2,1H3. The second-order valence-corrected chi connectivity index (χ2v) is 4.71. The van der Waals surface area contributed by atoms with Gasteiger partial charge in [-0.05, 0) is 48.9 Å². The van der Waals surface area contributed by atoms with E-state index >= 15 is 0 Å². The van der Waals surface area contributed by atoms with Crippen molar-refractivity contribution in [3.8, 4) is 0 Å². The summed E-state index contributed by atoms with van der Waals surface area (Å²) in [7, 11) is 0. The highest BCUT2D eigenvalue weighted by Crippen LogP contribution is 2.30. The summed E-state index contributed by atoms with van der Waals surface area (Å²) in [6, 6.07) is 10.6. The van der Waals surface area contributed by atoms with Gasteiger partial charge in [0.1, 0.15) is 5.82 Å². The summed E-state index contributed by atoms with van der Waals surface area (Å²) in [4.78, 5) is 4.13. The Hall–Kier alpha value is -2.62. The number of fused-ring (bicyclic) bond motifs is 1. The maximum Gasteiger partial charge on any atom is 0.126 e. The van der Waals surface area contributed by atoms with Crippen LogP contribution in [0.1, 0.15) is 5.56 Å². The van der Waals surface area contributed by atoms with Gasteiger partial charge in [0.05, 0.1) is 0 Å². The van der Waals surface area contributed by atoms with Crippen molar-refractivity contribution in [1.29, 1.82) is 0 Å². The van der Waals surface area contributed by atoms with E-state index in [1.807, 2.05) is 18.2 Å². The monoisotopic (exact) mass is 267 g/mol. The number of nitrogens with zero attached hydrogens (tertiary/aromatic N) is 1. The predicted molar refractivity (Wildman–Crippen MR) is 80.6 cm³/mol. The van der Waals surface area contributed by atoms with Crippen molar-refractivity contribution in [2.75, 3.05) is 11.1 Å². The van der Waals surface area contributed by atoms with Crippen molar-refractivity contribution in [2.24, 2.45) is 0 Å². The first-order valence-corrected chi connectivity index (χ1v) is 6.30. The SMILES string of the molecule is Cc1cc(Nc2ccc(N)c3ccncc23)ccc1F.